The van der Waals surface area contributed by atoms with E-state index in [2.05, 4.69) is 6.07 Å². The molecule has 2 aromatic carbocycles. The standard InChI is InChI=1S/C17H14N2O/c18-11-10-14-6-4-13(5-7-14)8-9-15-2-1-3-16(12-15)17(19)20/h1-9,12H,10H2,(H2,19,20)/b9-8+. The van der Waals surface area contributed by atoms with Crippen LogP contribution in [0, 0.1) is 11.3 Å². The van der Waals surface area contributed by atoms with Crippen molar-refractivity contribution < 1.29 is 4.79 Å². The number of nitriles is 1. The van der Waals surface area contributed by atoms with E-state index in [-0.39, 0.29) is 0 Å². The number of rotatable bonds is 4. The van der Waals surface area contributed by atoms with Gasteiger partial charge in [-0.3, -0.25) is 4.79 Å². The van der Waals surface area contributed by atoms with Crippen LogP contribution in [0.3, 0.4) is 0 Å². The van der Waals surface area contributed by atoms with Gasteiger partial charge in [-0.25, -0.2) is 0 Å². The molecule has 20 heavy (non-hydrogen) atoms. The van der Waals surface area contributed by atoms with Gasteiger partial charge in [0.1, 0.15) is 0 Å². The van der Waals surface area contributed by atoms with E-state index in [0.29, 0.717) is 12.0 Å². The minimum absolute atomic E-state index is 0.421. The molecule has 1 amide bonds. The zero-order valence-corrected chi connectivity index (χ0v) is 10.9. The fourth-order valence-electron chi connectivity index (χ4n) is 1.83. The van der Waals surface area contributed by atoms with Gasteiger partial charge in [0.25, 0.3) is 0 Å². The maximum absolute atomic E-state index is 11.1. The first kappa shape index (κ1) is 13.6. The van der Waals surface area contributed by atoms with Crippen molar-refractivity contribution in [2.24, 2.45) is 5.73 Å². The molecular formula is C17H14N2O. The highest BCUT2D eigenvalue weighted by Gasteiger charge is 1.99. The summed E-state index contributed by atoms with van der Waals surface area (Å²) in [6, 6.07) is 17.1. The van der Waals surface area contributed by atoms with E-state index >= 15 is 0 Å². The van der Waals surface area contributed by atoms with Gasteiger partial charge < -0.3 is 5.73 Å². The molecule has 98 valence electrons. The Morgan fingerprint density at radius 3 is 2.45 bits per heavy atom. The second-order valence-electron chi connectivity index (χ2n) is 4.40. The number of primary amides is 1. The molecule has 0 aromatic heterocycles. The molecule has 0 saturated heterocycles. The van der Waals surface area contributed by atoms with Crippen molar-refractivity contribution in [1.29, 1.82) is 5.26 Å². The molecule has 0 spiro atoms. The van der Waals surface area contributed by atoms with Gasteiger partial charge in [-0.15, -0.1) is 0 Å². The molecule has 0 radical (unpaired) electrons. The van der Waals surface area contributed by atoms with E-state index in [9.17, 15) is 4.79 Å². The molecule has 3 heteroatoms. The fraction of sp³-hybridized carbons (Fsp3) is 0.0588. The predicted octanol–water partition coefficient (Wildman–Crippen LogP) is 3.02. The van der Waals surface area contributed by atoms with Crippen molar-refractivity contribution in [3.63, 3.8) is 0 Å². The van der Waals surface area contributed by atoms with Crippen molar-refractivity contribution in [3.8, 4) is 6.07 Å². The minimum Gasteiger partial charge on any atom is -0.366 e. The number of benzene rings is 2. The van der Waals surface area contributed by atoms with Crippen LogP contribution < -0.4 is 5.73 Å². The number of hydrogen-bond acceptors (Lipinski definition) is 2. The number of carbonyl (C=O) groups excluding carboxylic acids is 1. The molecule has 2 rings (SSSR count). The van der Waals surface area contributed by atoms with Crippen LogP contribution in [-0.2, 0) is 6.42 Å². The smallest absolute Gasteiger partial charge is 0.248 e. The molecule has 2 aromatic rings. The number of nitrogens with two attached hydrogens (primary N) is 1. The molecule has 0 atom stereocenters. The van der Waals surface area contributed by atoms with Gasteiger partial charge in [0.15, 0.2) is 0 Å². The van der Waals surface area contributed by atoms with Crippen molar-refractivity contribution in [1.82, 2.24) is 0 Å². The van der Waals surface area contributed by atoms with E-state index < -0.39 is 5.91 Å². The summed E-state index contributed by atoms with van der Waals surface area (Å²) in [6.07, 6.45) is 4.30. The van der Waals surface area contributed by atoms with Gasteiger partial charge in [0.05, 0.1) is 12.5 Å². The quantitative estimate of drug-likeness (QED) is 0.860. The maximum Gasteiger partial charge on any atom is 0.248 e. The van der Waals surface area contributed by atoms with E-state index in [0.717, 1.165) is 16.7 Å². The van der Waals surface area contributed by atoms with Gasteiger partial charge in [0.2, 0.25) is 5.91 Å². The Labute approximate surface area is 118 Å². The van der Waals surface area contributed by atoms with E-state index in [4.69, 9.17) is 11.0 Å². The van der Waals surface area contributed by atoms with Crippen LogP contribution in [-0.4, -0.2) is 5.91 Å². The van der Waals surface area contributed by atoms with Crippen molar-refractivity contribution in [2.75, 3.05) is 0 Å². The molecule has 0 saturated carbocycles. The number of hydrogen-bond donors (Lipinski definition) is 1. The zero-order chi connectivity index (χ0) is 14.4. The van der Waals surface area contributed by atoms with E-state index in [1.807, 2.05) is 42.5 Å². The molecule has 0 heterocycles. The van der Waals surface area contributed by atoms with Crippen molar-refractivity contribution in [3.05, 3.63) is 70.8 Å². The van der Waals surface area contributed by atoms with E-state index in [1.54, 1.807) is 18.2 Å². The van der Waals surface area contributed by atoms with E-state index in [1.165, 1.54) is 0 Å². The topological polar surface area (TPSA) is 66.9 Å². The first-order valence-corrected chi connectivity index (χ1v) is 6.23. The highest BCUT2D eigenvalue weighted by molar-refractivity contribution is 5.93. The van der Waals surface area contributed by atoms with Gasteiger partial charge in [-0.2, -0.15) is 5.26 Å². The first-order valence-electron chi connectivity index (χ1n) is 6.23. The molecule has 0 unspecified atom stereocenters. The Morgan fingerprint density at radius 2 is 1.80 bits per heavy atom. The summed E-state index contributed by atoms with van der Waals surface area (Å²) in [5.74, 6) is -0.430. The maximum atomic E-state index is 11.1. The van der Waals surface area contributed by atoms with Crippen molar-refractivity contribution in [2.45, 2.75) is 6.42 Å². The highest BCUT2D eigenvalue weighted by atomic mass is 16.1. The summed E-state index contributed by atoms with van der Waals surface area (Å²) < 4.78 is 0. The summed E-state index contributed by atoms with van der Waals surface area (Å²) in [5.41, 5.74) is 8.70. The summed E-state index contributed by atoms with van der Waals surface area (Å²) in [4.78, 5) is 11.1. The third-order valence-electron chi connectivity index (χ3n) is 2.90. The molecule has 2 N–H and O–H groups in total. The largest absolute Gasteiger partial charge is 0.366 e. The Morgan fingerprint density at radius 1 is 1.10 bits per heavy atom. The van der Waals surface area contributed by atoms with Crippen LogP contribution in [0.25, 0.3) is 12.2 Å². The van der Waals surface area contributed by atoms with Gasteiger partial charge in [0, 0.05) is 5.56 Å². The van der Waals surface area contributed by atoms with Crippen LogP contribution >= 0.6 is 0 Å². The van der Waals surface area contributed by atoms with Gasteiger partial charge >= 0.3 is 0 Å². The molecule has 0 fully saturated rings. The monoisotopic (exact) mass is 262 g/mol. The van der Waals surface area contributed by atoms with Crippen molar-refractivity contribution >= 4 is 18.1 Å². The number of nitrogens with zero attached hydrogens (tertiary/aromatic N) is 1. The second kappa shape index (κ2) is 6.35. The fourth-order valence-corrected chi connectivity index (χ4v) is 1.83. The average molecular weight is 262 g/mol. The predicted molar refractivity (Wildman–Crippen MR) is 79.6 cm³/mol. The first-order chi connectivity index (χ1) is 9.69. The lowest BCUT2D eigenvalue weighted by Crippen LogP contribution is -2.10. The van der Waals surface area contributed by atoms with Crippen LogP contribution in [0.1, 0.15) is 27.0 Å². The van der Waals surface area contributed by atoms with Gasteiger partial charge in [-0.05, 0) is 28.8 Å². The average Bonchev–Trinajstić information content (AvgIpc) is 2.47. The number of amides is 1. The highest BCUT2D eigenvalue weighted by Crippen LogP contribution is 2.11. The summed E-state index contributed by atoms with van der Waals surface area (Å²) in [7, 11) is 0. The summed E-state index contributed by atoms with van der Waals surface area (Å²) >= 11 is 0. The minimum atomic E-state index is -0.430. The Bertz CT molecular complexity index is 679. The summed E-state index contributed by atoms with van der Waals surface area (Å²) in [5, 5.41) is 8.61. The summed E-state index contributed by atoms with van der Waals surface area (Å²) in [6.45, 7) is 0. The second-order valence-corrected chi connectivity index (χ2v) is 4.40. The lowest BCUT2D eigenvalue weighted by atomic mass is 10.1. The third-order valence-corrected chi connectivity index (χ3v) is 2.90. The van der Waals surface area contributed by atoms with Gasteiger partial charge in [-0.1, -0.05) is 48.6 Å². The number of carbonyl (C=O) groups is 1. The molecule has 0 bridgehead atoms. The molecule has 0 aliphatic carbocycles. The third kappa shape index (κ3) is 3.56. The molecule has 0 aliphatic heterocycles. The molecule has 0 aliphatic rings. The SMILES string of the molecule is N#CCc1ccc(/C=C/c2cccc(C(N)=O)c2)cc1. The zero-order valence-electron chi connectivity index (χ0n) is 10.9. The van der Waals surface area contributed by atoms with Crippen LogP contribution in [0.4, 0.5) is 0 Å². The molecular weight excluding hydrogens is 248 g/mol. The molecule has 3 nitrogen and oxygen atoms in total. The normalized spacial score (nSPS) is 10.3. The van der Waals surface area contributed by atoms with Crippen LogP contribution in [0.5, 0.6) is 0 Å². The lowest BCUT2D eigenvalue weighted by Gasteiger charge is -1.99. The lowest BCUT2D eigenvalue weighted by molar-refractivity contribution is 0.100. The van der Waals surface area contributed by atoms with Crippen LogP contribution in [0.2, 0.25) is 0 Å². The Balaban J connectivity index is 2.15. The van der Waals surface area contributed by atoms with Crippen LogP contribution in [0.15, 0.2) is 48.5 Å². The Hall–Kier alpha value is -2.86. The Kier molecular flexibility index (Phi) is 4.31.